The maximum Gasteiger partial charge on any atom is 0.265 e. The Hall–Kier alpha value is -2.95. The fourth-order valence-electron chi connectivity index (χ4n) is 4.47. The van der Waals surface area contributed by atoms with E-state index in [-0.39, 0.29) is 41.8 Å². The zero-order chi connectivity index (χ0) is 20.1. The van der Waals surface area contributed by atoms with E-state index in [0.717, 1.165) is 11.1 Å². The van der Waals surface area contributed by atoms with E-state index in [1.807, 2.05) is 44.2 Å². The third-order valence-corrected chi connectivity index (χ3v) is 5.97. The van der Waals surface area contributed by atoms with E-state index in [0.29, 0.717) is 11.3 Å². The summed E-state index contributed by atoms with van der Waals surface area (Å²) in [5.41, 5.74) is 0.800. The lowest BCUT2D eigenvalue weighted by molar-refractivity contribution is -0.123. The number of rotatable bonds is 4. The molecule has 0 aliphatic heterocycles. The Kier molecular flexibility index (Phi) is 4.33. The van der Waals surface area contributed by atoms with Crippen molar-refractivity contribution in [1.82, 2.24) is 5.16 Å². The molecule has 4 rings (SSSR count). The summed E-state index contributed by atoms with van der Waals surface area (Å²) >= 11 is 0. The second-order valence-corrected chi connectivity index (χ2v) is 8.05. The summed E-state index contributed by atoms with van der Waals surface area (Å²) < 4.78 is 11.5. The van der Waals surface area contributed by atoms with Crippen LogP contribution in [-0.4, -0.2) is 16.7 Å². The smallest absolute Gasteiger partial charge is 0.265 e. The number of ether oxygens (including phenoxy) is 1. The van der Waals surface area contributed by atoms with Gasteiger partial charge >= 0.3 is 0 Å². The number of carbonyl (C=O) groups is 2. The molecule has 1 aromatic heterocycles. The molecule has 5 heteroatoms. The largest absolute Gasteiger partial charge is 0.470 e. The lowest BCUT2D eigenvalue weighted by atomic mass is 9.54. The fourth-order valence-corrected chi connectivity index (χ4v) is 4.47. The maximum atomic E-state index is 13.5. The Bertz CT molecular complexity index is 985. The highest BCUT2D eigenvalue weighted by Crippen LogP contribution is 2.56. The number of nitrogens with zero attached hydrogens (tertiary/aromatic N) is 1. The van der Waals surface area contributed by atoms with E-state index in [4.69, 9.17) is 9.26 Å². The lowest BCUT2D eigenvalue weighted by Crippen LogP contribution is -2.51. The SMILES string of the molecule is C=C1C=CC(=O)C2(C)C(=O)c3c(OCc4ccccc4)noc3C(C(C)C)C12. The normalized spacial score (nSPS) is 26.4. The van der Waals surface area contributed by atoms with E-state index >= 15 is 0 Å². The van der Waals surface area contributed by atoms with Crippen LogP contribution in [0.15, 0.2) is 59.2 Å². The predicted molar refractivity (Wildman–Crippen MR) is 104 cm³/mol. The summed E-state index contributed by atoms with van der Waals surface area (Å²) in [5, 5.41) is 4.06. The first-order chi connectivity index (χ1) is 13.4. The van der Waals surface area contributed by atoms with Gasteiger partial charge in [0.05, 0.1) is 0 Å². The number of hydrogen-bond donors (Lipinski definition) is 0. The number of hydrogen-bond acceptors (Lipinski definition) is 5. The topological polar surface area (TPSA) is 69.4 Å². The van der Waals surface area contributed by atoms with Gasteiger partial charge in [-0.2, -0.15) is 0 Å². The summed E-state index contributed by atoms with van der Waals surface area (Å²) in [6.07, 6.45) is 3.17. The van der Waals surface area contributed by atoms with Crippen LogP contribution in [-0.2, 0) is 11.4 Å². The molecule has 0 bridgehead atoms. The van der Waals surface area contributed by atoms with E-state index < -0.39 is 5.41 Å². The summed E-state index contributed by atoms with van der Waals surface area (Å²) in [6.45, 7) is 10.2. The van der Waals surface area contributed by atoms with E-state index in [1.165, 1.54) is 6.08 Å². The molecule has 0 fully saturated rings. The van der Waals surface area contributed by atoms with Crippen molar-refractivity contribution in [3.8, 4) is 5.88 Å². The van der Waals surface area contributed by atoms with Crippen LogP contribution >= 0.6 is 0 Å². The van der Waals surface area contributed by atoms with Crippen LogP contribution in [0, 0.1) is 17.3 Å². The Morgan fingerprint density at radius 2 is 1.93 bits per heavy atom. The van der Waals surface area contributed by atoms with Crippen LogP contribution in [0.25, 0.3) is 0 Å². The van der Waals surface area contributed by atoms with Gasteiger partial charge in [0.15, 0.2) is 17.3 Å². The number of carbonyl (C=O) groups excluding carboxylic acids is 2. The molecule has 3 unspecified atom stereocenters. The molecule has 1 aromatic carbocycles. The number of ketones is 2. The zero-order valence-corrected chi connectivity index (χ0v) is 16.3. The molecule has 0 saturated heterocycles. The standard InChI is InChI=1S/C23H23NO4/c1-13(2)17-19-14(3)10-11-16(25)23(19,4)21(26)18-20(17)28-24-22(18)27-12-15-8-6-5-7-9-15/h5-11,13,17,19H,3,12H2,1-2,4H3. The molecular formula is C23H23NO4. The van der Waals surface area contributed by atoms with Gasteiger partial charge in [-0.1, -0.05) is 56.8 Å². The first kappa shape index (κ1) is 18.4. The number of benzene rings is 1. The minimum atomic E-state index is -1.22. The Labute approximate surface area is 164 Å². The fraction of sp³-hybridized carbons (Fsp3) is 0.348. The second kappa shape index (κ2) is 6.59. The van der Waals surface area contributed by atoms with E-state index in [1.54, 1.807) is 13.0 Å². The molecule has 144 valence electrons. The highest BCUT2D eigenvalue weighted by atomic mass is 16.5. The van der Waals surface area contributed by atoms with Crippen molar-refractivity contribution in [3.63, 3.8) is 0 Å². The van der Waals surface area contributed by atoms with Crippen molar-refractivity contribution in [2.45, 2.75) is 33.3 Å². The second-order valence-electron chi connectivity index (χ2n) is 8.05. The third-order valence-electron chi connectivity index (χ3n) is 5.97. The molecule has 0 amide bonds. The van der Waals surface area contributed by atoms with Gasteiger partial charge in [0.2, 0.25) is 0 Å². The summed E-state index contributed by atoms with van der Waals surface area (Å²) in [6, 6.07) is 9.63. The van der Waals surface area contributed by atoms with Gasteiger partial charge in [0.25, 0.3) is 5.88 Å². The van der Waals surface area contributed by atoms with Crippen LogP contribution in [0.2, 0.25) is 0 Å². The van der Waals surface area contributed by atoms with Gasteiger partial charge < -0.3 is 9.26 Å². The van der Waals surface area contributed by atoms with Crippen LogP contribution in [0.1, 0.15) is 48.4 Å². The average Bonchev–Trinajstić information content (AvgIpc) is 3.09. The zero-order valence-electron chi connectivity index (χ0n) is 16.3. The summed E-state index contributed by atoms with van der Waals surface area (Å²) in [4.78, 5) is 26.4. The van der Waals surface area contributed by atoms with Crippen molar-refractivity contribution >= 4 is 11.6 Å². The highest BCUT2D eigenvalue weighted by molar-refractivity contribution is 6.20. The molecular weight excluding hydrogens is 354 g/mol. The molecule has 2 aromatic rings. The van der Waals surface area contributed by atoms with Crippen molar-refractivity contribution < 1.29 is 18.8 Å². The quantitative estimate of drug-likeness (QED) is 0.734. The van der Waals surface area contributed by atoms with Crippen molar-refractivity contribution in [3.05, 3.63) is 71.5 Å². The molecule has 1 heterocycles. The van der Waals surface area contributed by atoms with E-state index in [2.05, 4.69) is 11.7 Å². The average molecular weight is 377 g/mol. The number of fused-ring (bicyclic) bond motifs is 2. The van der Waals surface area contributed by atoms with Gasteiger partial charge in [0.1, 0.15) is 17.6 Å². The lowest BCUT2D eigenvalue weighted by Gasteiger charge is -2.45. The molecule has 2 aliphatic rings. The van der Waals surface area contributed by atoms with Gasteiger partial charge in [-0.3, -0.25) is 9.59 Å². The maximum absolute atomic E-state index is 13.5. The molecule has 0 N–H and O–H groups in total. The number of aromatic nitrogens is 1. The van der Waals surface area contributed by atoms with Crippen molar-refractivity contribution in [2.75, 3.05) is 0 Å². The number of Topliss-reactive ketones (excluding diaryl/α,β-unsaturated/α-hetero) is 1. The van der Waals surface area contributed by atoms with Crippen LogP contribution in [0.5, 0.6) is 5.88 Å². The summed E-state index contributed by atoms with van der Waals surface area (Å²) in [5.74, 6) is -0.259. The first-order valence-corrected chi connectivity index (χ1v) is 9.48. The minimum absolute atomic E-state index is 0.127. The van der Waals surface area contributed by atoms with Crippen LogP contribution < -0.4 is 4.74 Å². The number of allylic oxidation sites excluding steroid dienone is 3. The Morgan fingerprint density at radius 3 is 2.61 bits per heavy atom. The monoisotopic (exact) mass is 377 g/mol. The Balaban J connectivity index is 1.79. The Morgan fingerprint density at radius 1 is 1.21 bits per heavy atom. The molecule has 0 saturated carbocycles. The van der Waals surface area contributed by atoms with Gasteiger partial charge in [-0.25, -0.2) is 0 Å². The van der Waals surface area contributed by atoms with Crippen molar-refractivity contribution in [1.29, 1.82) is 0 Å². The van der Waals surface area contributed by atoms with Gasteiger partial charge in [-0.15, -0.1) is 0 Å². The van der Waals surface area contributed by atoms with Gasteiger partial charge in [0, 0.05) is 11.8 Å². The van der Waals surface area contributed by atoms with Crippen LogP contribution in [0.4, 0.5) is 0 Å². The molecule has 2 aliphatic carbocycles. The molecule has 28 heavy (non-hydrogen) atoms. The third kappa shape index (κ3) is 2.57. The molecule has 3 atom stereocenters. The predicted octanol–water partition coefficient (Wildman–Crippen LogP) is 4.51. The molecule has 0 spiro atoms. The molecule has 5 nitrogen and oxygen atoms in total. The van der Waals surface area contributed by atoms with E-state index in [9.17, 15) is 9.59 Å². The summed E-state index contributed by atoms with van der Waals surface area (Å²) in [7, 11) is 0. The van der Waals surface area contributed by atoms with Crippen LogP contribution in [0.3, 0.4) is 0 Å². The molecule has 0 radical (unpaired) electrons. The van der Waals surface area contributed by atoms with Gasteiger partial charge in [-0.05, 0) is 35.2 Å². The minimum Gasteiger partial charge on any atom is -0.470 e. The highest BCUT2D eigenvalue weighted by Gasteiger charge is 2.59. The first-order valence-electron chi connectivity index (χ1n) is 9.48. The van der Waals surface area contributed by atoms with Crippen molar-refractivity contribution in [2.24, 2.45) is 17.3 Å².